The molecule has 6 rings (SSSR count). The van der Waals surface area contributed by atoms with E-state index in [-0.39, 0.29) is 42.8 Å². The summed E-state index contributed by atoms with van der Waals surface area (Å²) in [6, 6.07) is 0. The Balaban J connectivity index is 1.20. The third kappa shape index (κ3) is 3.80. The summed E-state index contributed by atoms with van der Waals surface area (Å²) in [5.41, 5.74) is -1.60. The van der Waals surface area contributed by atoms with Gasteiger partial charge in [-0.2, -0.15) is 0 Å². The molecule has 0 spiro atoms. The Morgan fingerprint density at radius 3 is 2.45 bits per heavy atom. The molecule has 9 nitrogen and oxygen atoms in total. The van der Waals surface area contributed by atoms with Gasteiger partial charge in [0, 0.05) is 30.3 Å². The number of hydrogen-bond donors (Lipinski definition) is 5. The molecule has 5 fully saturated rings. The fourth-order valence-corrected chi connectivity index (χ4v) is 9.87. The lowest BCUT2D eigenvalue weighted by molar-refractivity contribution is -0.274. The molecule has 4 aliphatic carbocycles. The summed E-state index contributed by atoms with van der Waals surface area (Å²) in [5.74, 6) is -0.520. The Morgan fingerprint density at radius 1 is 1.00 bits per heavy atom. The molecule has 14 atom stereocenters. The van der Waals surface area contributed by atoms with Crippen molar-refractivity contribution in [1.82, 2.24) is 0 Å². The molecule has 2 aliphatic heterocycles. The molecule has 14 unspecified atom stereocenters. The number of rotatable bonds is 3. The fourth-order valence-electron chi connectivity index (χ4n) is 9.87. The molecule has 214 valence electrons. The average molecular weight is 537 g/mol. The van der Waals surface area contributed by atoms with Gasteiger partial charge in [0.1, 0.15) is 12.7 Å². The van der Waals surface area contributed by atoms with Crippen molar-refractivity contribution in [2.75, 3.05) is 6.61 Å². The van der Waals surface area contributed by atoms with Gasteiger partial charge in [-0.15, -0.1) is 0 Å². The lowest BCUT2D eigenvalue weighted by atomic mass is 9.42. The molecule has 0 bridgehead atoms. The van der Waals surface area contributed by atoms with Crippen molar-refractivity contribution >= 4 is 5.97 Å². The molecule has 0 aromatic heterocycles. The Hall–Kier alpha value is -1.07. The van der Waals surface area contributed by atoms with Gasteiger partial charge in [-0.1, -0.05) is 13.8 Å². The van der Waals surface area contributed by atoms with Crippen LogP contribution in [0.1, 0.15) is 72.1 Å². The second-order valence-electron chi connectivity index (χ2n) is 13.6. The first-order valence-corrected chi connectivity index (χ1v) is 14.5. The monoisotopic (exact) mass is 536 g/mol. The largest absolute Gasteiger partial charge is 0.458 e. The van der Waals surface area contributed by atoms with Crippen molar-refractivity contribution in [2.45, 2.75) is 121 Å². The highest BCUT2D eigenvalue weighted by Crippen LogP contribution is 2.70. The molecule has 0 radical (unpaired) electrons. The fraction of sp³-hybridized carbons (Fsp3) is 0.897. The number of esters is 1. The lowest BCUT2D eigenvalue weighted by Gasteiger charge is -2.65. The summed E-state index contributed by atoms with van der Waals surface area (Å²) in [7, 11) is 0. The van der Waals surface area contributed by atoms with Crippen LogP contribution in [0.25, 0.3) is 0 Å². The SMILES string of the molecule is CC1OC(OC2CCC3(C)C(CCC4C3CC(O)C3(C)C(C5=CC(=O)OC5)C(O)CC43O)C2)CC(O)C1O. The predicted molar refractivity (Wildman–Crippen MR) is 134 cm³/mol. The highest BCUT2D eigenvalue weighted by molar-refractivity contribution is 5.85. The van der Waals surface area contributed by atoms with E-state index in [2.05, 4.69) is 6.92 Å². The first-order chi connectivity index (χ1) is 17.9. The maximum absolute atomic E-state index is 12.4. The third-order valence-electron chi connectivity index (χ3n) is 12.0. The van der Waals surface area contributed by atoms with Gasteiger partial charge in [-0.05, 0) is 74.2 Å². The van der Waals surface area contributed by atoms with Crippen LogP contribution in [0.15, 0.2) is 11.6 Å². The zero-order valence-corrected chi connectivity index (χ0v) is 22.7. The lowest BCUT2D eigenvalue weighted by Crippen LogP contribution is -2.67. The van der Waals surface area contributed by atoms with Crippen LogP contribution in [-0.2, 0) is 19.0 Å². The van der Waals surface area contributed by atoms with Gasteiger partial charge in [-0.25, -0.2) is 4.79 Å². The minimum atomic E-state index is -1.24. The Labute approximate surface area is 224 Å². The number of hydrogen-bond acceptors (Lipinski definition) is 9. The first kappa shape index (κ1) is 27.1. The van der Waals surface area contributed by atoms with Crippen LogP contribution in [0.2, 0.25) is 0 Å². The third-order valence-corrected chi connectivity index (χ3v) is 12.0. The summed E-state index contributed by atoms with van der Waals surface area (Å²) in [5, 5.41) is 55.4. The number of cyclic esters (lactones) is 1. The zero-order chi connectivity index (χ0) is 27.2. The van der Waals surface area contributed by atoms with Crippen LogP contribution in [0.3, 0.4) is 0 Å². The normalized spacial score (nSPS) is 56.5. The smallest absolute Gasteiger partial charge is 0.331 e. The van der Waals surface area contributed by atoms with Gasteiger partial charge in [0.25, 0.3) is 0 Å². The van der Waals surface area contributed by atoms with Crippen molar-refractivity contribution in [3.63, 3.8) is 0 Å². The molecule has 0 aromatic rings. The molecular formula is C29H44O9. The van der Waals surface area contributed by atoms with E-state index in [1.165, 1.54) is 6.08 Å². The summed E-state index contributed by atoms with van der Waals surface area (Å²) >= 11 is 0. The number of ether oxygens (including phenoxy) is 3. The Bertz CT molecular complexity index is 973. The van der Waals surface area contributed by atoms with Gasteiger partial charge in [-0.3, -0.25) is 0 Å². The number of carbonyl (C=O) groups is 1. The van der Waals surface area contributed by atoms with E-state index in [0.29, 0.717) is 17.9 Å². The maximum Gasteiger partial charge on any atom is 0.331 e. The van der Waals surface area contributed by atoms with E-state index in [0.717, 1.165) is 32.1 Å². The molecule has 2 heterocycles. The predicted octanol–water partition coefficient (Wildman–Crippen LogP) is 1.43. The molecule has 0 amide bonds. The van der Waals surface area contributed by atoms with E-state index < -0.39 is 59.7 Å². The summed E-state index contributed by atoms with van der Waals surface area (Å²) in [6.45, 7) is 6.05. The number of carbonyl (C=O) groups excluding carboxylic acids is 1. The van der Waals surface area contributed by atoms with E-state index in [1.807, 2.05) is 6.92 Å². The Morgan fingerprint density at radius 2 is 1.76 bits per heavy atom. The van der Waals surface area contributed by atoms with E-state index >= 15 is 0 Å². The molecule has 6 aliphatic rings. The van der Waals surface area contributed by atoms with Crippen LogP contribution in [0.4, 0.5) is 0 Å². The number of aliphatic hydroxyl groups is 5. The highest BCUT2D eigenvalue weighted by Gasteiger charge is 2.73. The zero-order valence-electron chi connectivity index (χ0n) is 22.7. The molecule has 4 saturated carbocycles. The molecule has 38 heavy (non-hydrogen) atoms. The van der Waals surface area contributed by atoms with Gasteiger partial charge >= 0.3 is 5.97 Å². The van der Waals surface area contributed by atoms with E-state index in [9.17, 15) is 30.3 Å². The maximum atomic E-state index is 12.4. The van der Waals surface area contributed by atoms with E-state index in [4.69, 9.17) is 14.2 Å². The highest BCUT2D eigenvalue weighted by atomic mass is 16.7. The summed E-state index contributed by atoms with van der Waals surface area (Å²) in [6.07, 6.45) is 2.30. The van der Waals surface area contributed by atoms with Crippen molar-refractivity contribution in [2.24, 2.45) is 34.5 Å². The van der Waals surface area contributed by atoms with Crippen molar-refractivity contribution in [3.05, 3.63) is 11.6 Å². The molecule has 0 aromatic carbocycles. The van der Waals surface area contributed by atoms with Crippen LogP contribution >= 0.6 is 0 Å². The first-order valence-electron chi connectivity index (χ1n) is 14.5. The number of fused-ring (bicyclic) bond motifs is 5. The quantitative estimate of drug-likeness (QED) is 0.267. The van der Waals surface area contributed by atoms with Gasteiger partial charge in [0.2, 0.25) is 0 Å². The Kier molecular flexibility index (Phi) is 6.58. The van der Waals surface area contributed by atoms with E-state index in [1.54, 1.807) is 6.92 Å². The second kappa shape index (κ2) is 9.23. The average Bonchev–Trinajstić information content (AvgIpc) is 3.36. The van der Waals surface area contributed by atoms with Crippen molar-refractivity contribution in [3.8, 4) is 0 Å². The van der Waals surface area contributed by atoms with Crippen LogP contribution in [0, 0.1) is 34.5 Å². The van der Waals surface area contributed by atoms with Crippen LogP contribution in [0.5, 0.6) is 0 Å². The minimum Gasteiger partial charge on any atom is -0.458 e. The van der Waals surface area contributed by atoms with Crippen LogP contribution in [-0.4, -0.2) is 86.6 Å². The molecular weight excluding hydrogens is 492 g/mol. The second-order valence-corrected chi connectivity index (χ2v) is 13.6. The number of aliphatic hydroxyl groups excluding tert-OH is 4. The van der Waals surface area contributed by atoms with Gasteiger partial charge in [0.05, 0.1) is 36.1 Å². The molecule has 5 N–H and O–H groups in total. The van der Waals surface area contributed by atoms with Crippen molar-refractivity contribution in [1.29, 1.82) is 0 Å². The van der Waals surface area contributed by atoms with Crippen LogP contribution < -0.4 is 0 Å². The minimum absolute atomic E-state index is 0.00402. The van der Waals surface area contributed by atoms with Gasteiger partial charge < -0.3 is 39.7 Å². The molecule has 1 saturated heterocycles. The molecule has 9 heteroatoms. The van der Waals surface area contributed by atoms with Gasteiger partial charge in [0.15, 0.2) is 6.29 Å². The summed E-state index contributed by atoms with van der Waals surface area (Å²) in [4.78, 5) is 11.8. The standard InChI is InChI=1S/C29H44O9/c1-14-26(34)20(30)11-24(37-14)38-17-6-7-27(2)16(9-17)4-5-18-19(27)10-22(32)28(3)25(15-8-23(33)36-13-15)21(31)12-29(18,28)35/h8,14,16-22,24-26,30-32,34-35H,4-7,9-13H2,1-3H3. The topological polar surface area (TPSA) is 146 Å². The van der Waals surface area contributed by atoms with Crippen molar-refractivity contribution < 1.29 is 44.5 Å². The summed E-state index contributed by atoms with van der Waals surface area (Å²) < 4.78 is 17.3.